The number of hydrogen-bond donors (Lipinski definition) is 1. The zero-order chi connectivity index (χ0) is 24.5. The first kappa shape index (κ1) is 22.6. The van der Waals surface area contributed by atoms with E-state index in [2.05, 4.69) is 15.5 Å². The molecule has 1 aliphatic heterocycles. The number of carbonyl (C=O) groups excluding carboxylic acids is 1. The van der Waals surface area contributed by atoms with Crippen molar-refractivity contribution in [2.75, 3.05) is 12.0 Å². The number of carbonyl (C=O) groups is 1. The maximum atomic E-state index is 13.5. The fraction of sp³-hybridized carbons (Fsp3) is 0.115. The van der Waals surface area contributed by atoms with Gasteiger partial charge in [-0.15, -0.1) is 0 Å². The quantitative estimate of drug-likeness (QED) is 0.358. The SMILES string of the molecule is COc1ccc(C2NC(=O)N(c3ccc(F)cc3)C(C)=C2c2nc(-c3cccc(Cl)c3)no2)cc1. The van der Waals surface area contributed by atoms with Crippen LogP contribution in [0.5, 0.6) is 5.75 Å². The number of nitrogens with one attached hydrogen (secondary N) is 1. The van der Waals surface area contributed by atoms with Crippen molar-refractivity contribution >= 4 is 28.9 Å². The summed E-state index contributed by atoms with van der Waals surface area (Å²) >= 11 is 6.13. The molecule has 2 amide bonds. The molecule has 4 aromatic rings. The number of aromatic nitrogens is 2. The van der Waals surface area contributed by atoms with Gasteiger partial charge in [0.1, 0.15) is 11.6 Å². The number of urea groups is 1. The van der Waals surface area contributed by atoms with E-state index in [-0.39, 0.29) is 11.9 Å². The normalized spacial score (nSPS) is 15.8. The number of benzene rings is 3. The molecule has 2 heterocycles. The number of anilines is 1. The molecule has 1 aliphatic rings. The smallest absolute Gasteiger partial charge is 0.326 e. The maximum Gasteiger partial charge on any atom is 0.326 e. The molecule has 7 nitrogen and oxygen atoms in total. The molecule has 0 saturated heterocycles. The second-order valence-electron chi connectivity index (χ2n) is 7.90. The van der Waals surface area contributed by atoms with Gasteiger partial charge in [0.05, 0.1) is 24.4 Å². The fourth-order valence-electron chi connectivity index (χ4n) is 4.05. The Bertz CT molecular complexity index is 1420. The van der Waals surface area contributed by atoms with Crippen LogP contribution in [0.1, 0.15) is 24.4 Å². The molecule has 0 saturated carbocycles. The second kappa shape index (κ2) is 9.23. The summed E-state index contributed by atoms with van der Waals surface area (Å²) in [6.07, 6.45) is 0. The molecule has 9 heteroatoms. The predicted molar refractivity (Wildman–Crippen MR) is 130 cm³/mol. The van der Waals surface area contributed by atoms with Gasteiger partial charge in [0, 0.05) is 16.3 Å². The first-order valence-corrected chi connectivity index (χ1v) is 11.1. The summed E-state index contributed by atoms with van der Waals surface area (Å²) in [6, 6.07) is 19.2. The minimum atomic E-state index is -0.572. The minimum absolute atomic E-state index is 0.241. The number of rotatable bonds is 5. The first-order chi connectivity index (χ1) is 16.9. The number of halogens is 2. The number of hydrogen-bond acceptors (Lipinski definition) is 5. The molecule has 0 spiro atoms. The summed E-state index contributed by atoms with van der Waals surface area (Å²) in [7, 11) is 1.59. The minimum Gasteiger partial charge on any atom is -0.497 e. The summed E-state index contributed by atoms with van der Waals surface area (Å²) in [4.78, 5) is 19.3. The van der Waals surface area contributed by atoms with Gasteiger partial charge in [0.2, 0.25) is 5.82 Å². The summed E-state index contributed by atoms with van der Waals surface area (Å²) in [5.41, 5.74) is 3.18. The van der Waals surface area contributed by atoms with Crippen LogP contribution in [-0.4, -0.2) is 23.3 Å². The van der Waals surface area contributed by atoms with Gasteiger partial charge in [-0.3, -0.25) is 4.90 Å². The van der Waals surface area contributed by atoms with Crippen molar-refractivity contribution in [2.45, 2.75) is 13.0 Å². The number of methoxy groups -OCH3 is 1. The van der Waals surface area contributed by atoms with Crippen LogP contribution in [0, 0.1) is 5.82 Å². The molecule has 176 valence electrons. The van der Waals surface area contributed by atoms with Crippen LogP contribution >= 0.6 is 11.6 Å². The molecular formula is C26H20ClFN4O3. The van der Waals surface area contributed by atoms with Gasteiger partial charge in [-0.05, 0) is 61.0 Å². The van der Waals surface area contributed by atoms with Gasteiger partial charge in [0.25, 0.3) is 5.89 Å². The molecule has 1 unspecified atom stereocenters. The fourth-order valence-corrected chi connectivity index (χ4v) is 4.24. The average Bonchev–Trinajstić information content (AvgIpc) is 3.35. The van der Waals surface area contributed by atoms with Crippen LogP contribution < -0.4 is 15.0 Å². The molecule has 1 aromatic heterocycles. The summed E-state index contributed by atoms with van der Waals surface area (Å²) in [5, 5.41) is 7.71. The molecule has 5 rings (SSSR count). The predicted octanol–water partition coefficient (Wildman–Crippen LogP) is 6.24. The second-order valence-corrected chi connectivity index (χ2v) is 8.34. The molecule has 0 aliphatic carbocycles. The van der Waals surface area contributed by atoms with Gasteiger partial charge in [-0.25, -0.2) is 9.18 Å². The van der Waals surface area contributed by atoms with Gasteiger partial charge in [-0.1, -0.05) is 41.0 Å². The Hall–Kier alpha value is -4.17. The lowest BCUT2D eigenvalue weighted by atomic mass is 9.94. The monoisotopic (exact) mass is 490 g/mol. The van der Waals surface area contributed by atoms with Crippen molar-refractivity contribution in [3.63, 3.8) is 0 Å². The van der Waals surface area contributed by atoms with Gasteiger partial charge >= 0.3 is 6.03 Å². The number of nitrogens with zero attached hydrogens (tertiary/aromatic N) is 3. The van der Waals surface area contributed by atoms with Crippen LogP contribution in [-0.2, 0) is 0 Å². The highest BCUT2D eigenvalue weighted by molar-refractivity contribution is 6.30. The van der Waals surface area contributed by atoms with E-state index in [1.807, 2.05) is 30.3 Å². The Morgan fingerprint density at radius 3 is 2.51 bits per heavy atom. The Morgan fingerprint density at radius 1 is 1.09 bits per heavy atom. The Balaban J connectivity index is 1.64. The number of amides is 2. The molecule has 3 aromatic carbocycles. The molecule has 1 atom stereocenters. The zero-order valence-electron chi connectivity index (χ0n) is 18.8. The van der Waals surface area contributed by atoms with E-state index in [0.717, 1.165) is 5.56 Å². The van der Waals surface area contributed by atoms with E-state index in [1.165, 1.54) is 29.2 Å². The van der Waals surface area contributed by atoms with Crippen LogP contribution in [0.15, 0.2) is 83.0 Å². The number of allylic oxidation sites excluding steroid dienone is 1. The maximum absolute atomic E-state index is 13.5. The lowest BCUT2D eigenvalue weighted by molar-refractivity contribution is 0.244. The largest absolute Gasteiger partial charge is 0.497 e. The standard InChI is InChI=1S/C26H20ClFN4O3/c1-15-22(25-30-24(31-35-25)17-4-3-5-18(27)14-17)23(16-6-12-21(34-2)13-7-16)29-26(33)32(15)20-10-8-19(28)9-11-20/h3-14,23H,1-2H3,(H,29,33). The molecule has 1 N–H and O–H groups in total. The van der Waals surface area contributed by atoms with Crippen molar-refractivity contribution in [3.05, 3.63) is 101 Å². The first-order valence-electron chi connectivity index (χ1n) is 10.8. The third kappa shape index (κ3) is 4.36. The Morgan fingerprint density at radius 2 is 1.83 bits per heavy atom. The van der Waals surface area contributed by atoms with E-state index in [4.69, 9.17) is 20.9 Å². The summed E-state index contributed by atoms with van der Waals surface area (Å²) < 4.78 is 24.5. The van der Waals surface area contributed by atoms with Crippen molar-refractivity contribution < 1.29 is 18.4 Å². The zero-order valence-corrected chi connectivity index (χ0v) is 19.6. The third-order valence-electron chi connectivity index (χ3n) is 5.76. The topological polar surface area (TPSA) is 80.5 Å². The van der Waals surface area contributed by atoms with E-state index >= 15 is 0 Å². The van der Waals surface area contributed by atoms with E-state index in [1.54, 1.807) is 32.2 Å². The molecular weight excluding hydrogens is 471 g/mol. The average molecular weight is 491 g/mol. The van der Waals surface area contributed by atoms with Crippen molar-refractivity contribution in [3.8, 4) is 17.1 Å². The Labute approximate surface area is 205 Å². The van der Waals surface area contributed by atoms with Crippen LogP contribution in [0.25, 0.3) is 17.0 Å². The van der Waals surface area contributed by atoms with Gasteiger partial charge in [-0.2, -0.15) is 4.98 Å². The van der Waals surface area contributed by atoms with Gasteiger partial charge in [0.15, 0.2) is 0 Å². The Kier molecular flexibility index (Phi) is 5.96. The van der Waals surface area contributed by atoms with Crippen molar-refractivity contribution in [1.82, 2.24) is 15.5 Å². The van der Waals surface area contributed by atoms with E-state index in [0.29, 0.717) is 39.1 Å². The third-order valence-corrected chi connectivity index (χ3v) is 5.99. The lowest BCUT2D eigenvalue weighted by Gasteiger charge is -2.35. The summed E-state index contributed by atoms with van der Waals surface area (Å²) in [6.45, 7) is 1.79. The van der Waals surface area contributed by atoms with Gasteiger partial charge < -0.3 is 14.6 Å². The van der Waals surface area contributed by atoms with E-state index in [9.17, 15) is 9.18 Å². The number of ether oxygens (including phenoxy) is 1. The van der Waals surface area contributed by atoms with Crippen molar-refractivity contribution in [1.29, 1.82) is 0 Å². The van der Waals surface area contributed by atoms with E-state index < -0.39 is 11.9 Å². The molecule has 0 fully saturated rings. The van der Waals surface area contributed by atoms with Crippen LogP contribution in [0.4, 0.5) is 14.9 Å². The highest BCUT2D eigenvalue weighted by Gasteiger charge is 2.36. The molecule has 0 radical (unpaired) electrons. The highest BCUT2D eigenvalue weighted by Crippen LogP contribution is 2.39. The molecule has 35 heavy (non-hydrogen) atoms. The highest BCUT2D eigenvalue weighted by atomic mass is 35.5. The van der Waals surface area contributed by atoms with Crippen LogP contribution in [0.2, 0.25) is 5.02 Å². The molecule has 0 bridgehead atoms. The van der Waals surface area contributed by atoms with Crippen LogP contribution in [0.3, 0.4) is 0 Å². The van der Waals surface area contributed by atoms with Crippen molar-refractivity contribution in [2.24, 2.45) is 0 Å². The lowest BCUT2D eigenvalue weighted by Crippen LogP contribution is -2.46. The summed E-state index contributed by atoms with van der Waals surface area (Å²) in [5.74, 6) is 0.895.